The summed E-state index contributed by atoms with van der Waals surface area (Å²) >= 11 is 0. The molecule has 5 heteroatoms. The van der Waals surface area contributed by atoms with Crippen molar-refractivity contribution in [2.75, 3.05) is 4.90 Å². The van der Waals surface area contributed by atoms with E-state index in [0.29, 0.717) is 5.69 Å². The van der Waals surface area contributed by atoms with E-state index in [4.69, 9.17) is 9.97 Å². The maximum atomic E-state index is 12.1. The molecule has 2 aromatic heterocycles. The largest absolute Gasteiger partial charge is 0.507 e. The van der Waals surface area contributed by atoms with Crippen LogP contribution in [0, 0.1) is 6.07 Å². The van der Waals surface area contributed by atoms with Gasteiger partial charge in [0, 0.05) is 44.1 Å². The van der Waals surface area contributed by atoms with E-state index in [2.05, 4.69) is 176 Å². The van der Waals surface area contributed by atoms with Gasteiger partial charge in [0.25, 0.3) is 0 Å². The molecule has 0 aliphatic carbocycles. The van der Waals surface area contributed by atoms with Crippen molar-refractivity contribution in [3.8, 4) is 39.4 Å². The van der Waals surface area contributed by atoms with Crippen LogP contribution in [0.5, 0.6) is 5.75 Å². The number of aromatic nitrogens is 2. The van der Waals surface area contributed by atoms with Gasteiger partial charge in [0.1, 0.15) is 11.6 Å². The predicted molar refractivity (Wildman–Crippen MR) is 239 cm³/mol. The van der Waals surface area contributed by atoms with Crippen molar-refractivity contribution in [1.82, 2.24) is 9.97 Å². The Morgan fingerprint density at radius 2 is 1.16 bits per heavy atom. The molecule has 0 amide bonds. The van der Waals surface area contributed by atoms with Crippen molar-refractivity contribution in [2.24, 2.45) is 0 Å². The fourth-order valence-electron chi connectivity index (χ4n) is 7.16. The third kappa shape index (κ3) is 9.51. The van der Waals surface area contributed by atoms with Crippen LogP contribution in [0.4, 0.5) is 17.2 Å². The van der Waals surface area contributed by atoms with Crippen molar-refractivity contribution in [3.63, 3.8) is 0 Å². The van der Waals surface area contributed by atoms with Gasteiger partial charge in [-0.25, -0.2) is 4.98 Å². The van der Waals surface area contributed by atoms with Gasteiger partial charge in [0.05, 0.1) is 5.69 Å². The second-order valence-corrected chi connectivity index (χ2v) is 18.2. The number of pyridine rings is 2. The number of hydrogen-bond acceptors (Lipinski definition) is 4. The third-order valence-electron chi connectivity index (χ3n) is 10.6. The molecule has 2 heterocycles. The summed E-state index contributed by atoms with van der Waals surface area (Å²) in [5, 5.41) is 12.1. The molecule has 0 atom stereocenters. The van der Waals surface area contributed by atoms with Crippen molar-refractivity contribution in [2.45, 2.75) is 85.0 Å². The summed E-state index contributed by atoms with van der Waals surface area (Å²) in [5.41, 5.74) is 12.1. The molecule has 4 nitrogen and oxygen atoms in total. The fourth-order valence-corrected chi connectivity index (χ4v) is 7.16. The van der Waals surface area contributed by atoms with Crippen LogP contribution in [0.25, 0.3) is 33.6 Å². The van der Waals surface area contributed by atoms with Gasteiger partial charge in [0.15, 0.2) is 0 Å². The first-order chi connectivity index (χ1) is 27.0. The van der Waals surface area contributed by atoms with E-state index >= 15 is 0 Å². The number of para-hydroxylation sites is 1. The molecule has 58 heavy (non-hydrogen) atoms. The quantitative estimate of drug-likeness (QED) is 0.154. The van der Waals surface area contributed by atoms with Gasteiger partial charge in [-0.05, 0) is 98.3 Å². The summed E-state index contributed by atoms with van der Waals surface area (Å²) in [4.78, 5) is 12.4. The van der Waals surface area contributed by atoms with Crippen LogP contribution >= 0.6 is 0 Å². The molecule has 7 aromatic rings. The Morgan fingerprint density at radius 1 is 0.569 bits per heavy atom. The van der Waals surface area contributed by atoms with Crippen LogP contribution in [0.1, 0.15) is 90.1 Å². The molecule has 0 fully saturated rings. The summed E-state index contributed by atoms with van der Waals surface area (Å²) in [7, 11) is 0. The normalized spacial score (nSPS) is 11.9. The van der Waals surface area contributed by atoms with Crippen molar-refractivity contribution < 1.29 is 26.2 Å². The molecule has 0 aliphatic heterocycles. The Bertz CT molecular complexity index is 2440. The van der Waals surface area contributed by atoms with Crippen molar-refractivity contribution >= 4 is 17.2 Å². The molecule has 0 bridgehead atoms. The summed E-state index contributed by atoms with van der Waals surface area (Å²) in [5.74, 6) is 1.07. The molecular weight excluding hydrogens is 890 g/mol. The Labute approximate surface area is 360 Å². The Hall–Kier alpha value is -5.31. The van der Waals surface area contributed by atoms with Gasteiger partial charge in [-0.3, -0.25) is 4.98 Å². The van der Waals surface area contributed by atoms with Crippen LogP contribution < -0.4 is 4.90 Å². The summed E-state index contributed by atoms with van der Waals surface area (Å²) in [6, 6.07) is 52.5. The average molecular weight is 944 g/mol. The molecule has 0 aliphatic rings. The Morgan fingerprint density at radius 3 is 1.76 bits per heavy atom. The smallest absolute Gasteiger partial charge is 0.136 e. The zero-order valence-electron chi connectivity index (χ0n) is 35.2. The number of phenols is 1. The van der Waals surface area contributed by atoms with Crippen LogP contribution in [-0.4, -0.2) is 15.1 Å². The number of rotatable bonds is 8. The number of benzene rings is 5. The van der Waals surface area contributed by atoms with Gasteiger partial charge in [-0.2, -0.15) is 0 Å². The van der Waals surface area contributed by atoms with E-state index in [1.807, 2.05) is 42.6 Å². The van der Waals surface area contributed by atoms with Gasteiger partial charge < -0.3 is 10.0 Å². The van der Waals surface area contributed by atoms with Crippen LogP contribution in [0.15, 0.2) is 146 Å². The number of anilines is 3. The minimum absolute atomic E-state index is 0. The van der Waals surface area contributed by atoms with E-state index in [1.54, 1.807) is 0 Å². The standard InChI is InChI=1S/C53H54N3O.Pt/c1-51(2,3)41-29-40(30-44(33-41)56(43-20-14-11-15-21-43)49-22-16-17-27-54-49)47-31-39(38-25-23-37(24-26-38)28-36-18-12-10-13-19-36)32-48(55-47)45-34-42(52(4,5)6)35-46(50(45)57)53(7,8)9;/h10-27,29,31-35,57H,28H2,1-9H3;/q-1;. The Balaban J connectivity index is 0.00000567. The number of hydrogen-bond donors (Lipinski definition) is 1. The van der Waals surface area contributed by atoms with Crippen LogP contribution in [0.2, 0.25) is 0 Å². The van der Waals surface area contributed by atoms with Crippen molar-refractivity contribution in [3.05, 3.63) is 180 Å². The molecular formula is C53H54N3OPt-. The topological polar surface area (TPSA) is 49.3 Å². The SMILES string of the molecule is CC(C)(C)c1cc(-c2cc(-c3ccc(Cc4ccccc4)cc3)cc(-c3cc(C(C)(C)C)cc(C(C)(C)C)c3O)n2)[c-]c(N(c2ccccc2)c2ccccn2)c1.[Pt]. The summed E-state index contributed by atoms with van der Waals surface area (Å²) < 4.78 is 0. The van der Waals surface area contributed by atoms with Gasteiger partial charge in [0.2, 0.25) is 0 Å². The van der Waals surface area contributed by atoms with E-state index in [9.17, 15) is 5.11 Å². The first kappa shape index (κ1) is 42.3. The predicted octanol–water partition coefficient (Wildman–Crippen LogP) is 13.9. The van der Waals surface area contributed by atoms with Gasteiger partial charge in [-0.1, -0.05) is 153 Å². The average Bonchev–Trinajstić information content (AvgIpc) is 3.18. The molecule has 0 radical (unpaired) electrons. The minimum Gasteiger partial charge on any atom is -0.507 e. The number of nitrogens with zero attached hydrogens (tertiary/aromatic N) is 3. The molecule has 0 saturated carbocycles. The second-order valence-electron chi connectivity index (χ2n) is 18.2. The zero-order valence-corrected chi connectivity index (χ0v) is 37.4. The summed E-state index contributed by atoms with van der Waals surface area (Å²) in [6.45, 7) is 19.8. The maximum absolute atomic E-state index is 12.1. The molecule has 298 valence electrons. The van der Waals surface area contributed by atoms with Crippen molar-refractivity contribution in [1.29, 1.82) is 0 Å². The van der Waals surface area contributed by atoms with E-state index in [0.717, 1.165) is 68.3 Å². The van der Waals surface area contributed by atoms with E-state index in [-0.39, 0.29) is 43.1 Å². The summed E-state index contributed by atoms with van der Waals surface area (Å²) in [6.07, 6.45) is 2.69. The van der Waals surface area contributed by atoms with E-state index < -0.39 is 0 Å². The molecule has 0 spiro atoms. The molecule has 0 saturated heterocycles. The molecule has 0 unspecified atom stereocenters. The van der Waals surface area contributed by atoms with Gasteiger partial charge >= 0.3 is 0 Å². The number of phenolic OH excluding ortho intramolecular Hbond substituents is 1. The van der Waals surface area contributed by atoms with E-state index in [1.165, 1.54) is 11.1 Å². The fraction of sp³-hybridized carbons (Fsp3) is 0.245. The molecule has 1 N–H and O–H groups in total. The first-order valence-corrected chi connectivity index (χ1v) is 19.9. The first-order valence-electron chi connectivity index (χ1n) is 19.9. The minimum atomic E-state index is -0.287. The third-order valence-corrected chi connectivity index (χ3v) is 10.6. The maximum Gasteiger partial charge on any atom is 0.136 e. The molecule has 5 aromatic carbocycles. The van der Waals surface area contributed by atoms with Crippen LogP contribution in [0.3, 0.4) is 0 Å². The number of aromatic hydroxyl groups is 1. The zero-order chi connectivity index (χ0) is 40.5. The van der Waals surface area contributed by atoms with Crippen LogP contribution in [-0.2, 0) is 43.7 Å². The Kier molecular flexibility index (Phi) is 12.3. The monoisotopic (exact) mass is 943 g/mol. The second kappa shape index (κ2) is 16.9. The molecule has 7 rings (SSSR count). The van der Waals surface area contributed by atoms with Gasteiger partial charge in [-0.15, -0.1) is 29.3 Å².